The lowest BCUT2D eigenvalue weighted by Crippen LogP contribution is -2.58. The van der Waals surface area contributed by atoms with E-state index in [1.54, 1.807) is 13.8 Å². The molecule has 2 heterocycles. The highest BCUT2D eigenvalue weighted by atomic mass is 32.2. The lowest BCUT2D eigenvalue weighted by molar-refractivity contribution is -0.0906. The average molecular weight is 691 g/mol. The van der Waals surface area contributed by atoms with Crippen LogP contribution in [0.5, 0.6) is 0 Å². The van der Waals surface area contributed by atoms with Crippen molar-refractivity contribution in [3.8, 4) is 0 Å². The number of alkyl carbamates (subject to hydrolysis) is 1. The number of hydrogen-bond donors (Lipinski definition) is 4. The van der Waals surface area contributed by atoms with Crippen LogP contribution in [0.25, 0.3) is 0 Å². The minimum Gasteiger partial charge on any atom is -0.465 e. The molecule has 0 radical (unpaired) electrons. The number of carboxylic acid groups (broad SMARTS) is 1. The molecule has 2 aliphatic rings. The van der Waals surface area contributed by atoms with Crippen LogP contribution in [-0.4, -0.2) is 103 Å². The van der Waals surface area contributed by atoms with E-state index in [1.165, 1.54) is 33.5 Å². The Morgan fingerprint density at radius 2 is 1.79 bits per heavy atom. The summed E-state index contributed by atoms with van der Waals surface area (Å²) < 4.78 is 46.2. The van der Waals surface area contributed by atoms with E-state index in [2.05, 4.69) is 5.32 Å². The second kappa shape index (κ2) is 16.3. The number of fused-ring (bicyclic) bond motifs is 1. The summed E-state index contributed by atoms with van der Waals surface area (Å²) in [5, 5.41) is 25.3. The van der Waals surface area contributed by atoms with Crippen LogP contribution in [0.15, 0.2) is 59.5 Å². The molecule has 266 valence electrons. The van der Waals surface area contributed by atoms with Gasteiger partial charge in [0.25, 0.3) is 0 Å². The lowest BCUT2D eigenvalue weighted by Gasteiger charge is -2.40. The second-order valence-corrected chi connectivity index (χ2v) is 15.6. The smallest absolute Gasteiger partial charge is 0.407 e. The van der Waals surface area contributed by atoms with Gasteiger partial charge in [0, 0.05) is 31.2 Å². The third-order valence-electron chi connectivity index (χ3n) is 8.83. The fourth-order valence-electron chi connectivity index (χ4n) is 6.47. The fraction of sp³-hybridized carbons (Fsp3) is 0.588. The van der Waals surface area contributed by atoms with E-state index in [9.17, 15) is 28.2 Å². The van der Waals surface area contributed by atoms with Crippen molar-refractivity contribution in [2.24, 2.45) is 11.3 Å². The van der Waals surface area contributed by atoms with Crippen LogP contribution in [0, 0.1) is 11.3 Å². The quantitative estimate of drug-likeness (QED) is 0.149. The molecule has 48 heavy (non-hydrogen) atoms. The maximum absolute atomic E-state index is 14.2. The van der Waals surface area contributed by atoms with Gasteiger partial charge < -0.3 is 35.5 Å². The van der Waals surface area contributed by atoms with Gasteiger partial charge in [-0.2, -0.15) is 4.31 Å². The minimum absolute atomic E-state index is 0.00244. The number of amides is 2. The summed E-state index contributed by atoms with van der Waals surface area (Å²) in [7, 11) is -4.17. The Kier molecular flexibility index (Phi) is 12.7. The SMILES string of the molecule is CC(C)OC(=O)NCCCC(C)(C)CN(C[C@@H](O)[C@H](Cc1ccccc1)N(C(=O)O)[C@H]1CO[C@H]2OCC[C@H]21)S(=O)(=O)c1ccc(N)cc1. The first-order chi connectivity index (χ1) is 22.7. The number of benzene rings is 2. The Balaban J connectivity index is 1.62. The van der Waals surface area contributed by atoms with Gasteiger partial charge in [-0.15, -0.1) is 0 Å². The van der Waals surface area contributed by atoms with E-state index in [0.29, 0.717) is 38.1 Å². The number of aliphatic hydroxyl groups is 1. The average Bonchev–Trinajstić information content (AvgIpc) is 3.64. The predicted molar refractivity (Wildman–Crippen MR) is 180 cm³/mol. The third-order valence-corrected chi connectivity index (χ3v) is 10.7. The van der Waals surface area contributed by atoms with Gasteiger partial charge in [0.1, 0.15) is 0 Å². The van der Waals surface area contributed by atoms with E-state index < -0.39 is 52.1 Å². The van der Waals surface area contributed by atoms with Crippen LogP contribution in [0.4, 0.5) is 15.3 Å². The molecule has 5 N–H and O–H groups in total. The Hall–Kier alpha value is -3.43. The minimum atomic E-state index is -4.17. The molecule has 5 atom stereocenters. The zero-order valence-electron chi connectivity index (χ0n) is 28.2. The molecule has 2 aliphatic heterocycles. The molecule has 0 saturated carbocycles. The highest BCUT2D eigenvalue weighted by molar-refractivity contribution is 7.89. The molecular weight excluding hydrogens is 640 g/mol. The van der Waals surface area contributed by atoms with E-state index in [0.717, 1.165) is 5.56 Å². The first-order valence-electron chi connectivity index (χ1n) is 16.4. The second-order valence-electron chi connectivity index (χ2n) is 13.6. The Labute approximate surface area is 283 Å². The predicted octanol–water partition coefficient (Wildman–Crippen LogP) is 3.91. The molecule has 2 aromatic carbocycles. The van der Waals surface area contributed by atoms with E-state index in [-0.39, 0.29) is 43.0 Å². The van der Waals surface area contributed by atoms with Crippen LogP contribution in [0.3, 0.4) is 0 Å². The number of carbonyl (C=O) groups is 2. The Bertz CT molecular complexity index is 1460. The van der Waals surface area contributed by atoms with Gasteiger partial charge in [-0.1, -0.05) is 44.2 Å². The topological polar surface area (TPSA) is 181 Å². The molecule has 0 aliphatic carbocycles. The van der Waals surface area contributed by atoms with Crippen LogP contribution in [0.2, 0.25) is 0 Å². The zero-order chi connectivity index (χ0) is 35.1. The number of rotatable bonds is 16. The molecule has 0 spiro atoms. The van der Waals surface area contributed by atoms with Gasteiger partial charge in [0.05, 0.1) is 42.4 Å². The first kappa shape index (κ1) is 37.4. The number of ether oxygens (including phenoxy) is 3. The van der Waals surface area contributed by atoms with Gasteiger partial charge >= 0.3 is 12.2 Å². The molecular formula is C34H50N4O9S. The maximum Gasteiger partial charge on any atom is 0.407 e. The fourth-order valence-corrected chi connectivity index (χ4v) is 8.12. The molecule has 0 unspecified atom stereocenters. The van der Waals surface area contributed by atoms with Crippen molar-refractivity contribution in [3.63, 3.8) is 0 Å². The van der Waals surface area contributed by atoms with Gasteiger partial charge in [-0.05, 0) is 74.8 Å². The Morgan fingerprint density at radius 1 is 1.10 bits per heavy atom. The molecule has 2 amide bonds. The van der Waals surface area contributed by atoms with Gasteiger partial charge in [-0.3, -0.25) is 4.90 Å². The van der Waals surface area contributed by atoms with Crippen LogP contribution < -0.4 is 11.1 Å². The summed E-state index contributed by atoms with van der Waals surface area (Å²) in [4.78, 5) is 26.1. The largest absolute Gasteiger partial charge is 0.465 e. The van der Waals surface area contributed by atoms with Crippen molar-refractivity contribution in [3.05, 3.63) is 60.2 Å². The third kappa shape index (κ3) is 9.82. The van der Waals surface area contributed by atoms with Crippen molar-refractivity contribution in [2.45, 2.75) is 88.9 Å². The highest BCUT2D eigenvalue weighted by Gasteiger charge is 2.49. The monoisotopic (exact) mass is 690 g/mol. The summed E-state index contributed by atoms with van der Waals surface area (Å²) in [6.45, 7) is 7.89. The summed E-state index contributed by atoms with van der Waals surface area (Å²) in [6, 6.07) is 13.5. The van der Waals surface area contributed by atoms with Crippen LogP contribution >= 0.6 is 0 Å². The standard InChI is InChI=1S/C34H50N4O9S/c1-23(2)47-32(40)36-17-8-16-34(3,4)22-37(48(43,44)26-13-11-25(35)12-14-26)20-30(39)28(19-24-9-6-5-7-10-24)38(33(41)42)29-21-46-31-27(29)15-18-45-31/h5-7,9-14,23,27-31,39H,8,15-22,35H2,1-4H3,(H,36,40)(H,41,42)/t27-,28-,29-,30+,31+/m0/s1. The van der Waals surface area contributed by atoms with E-state index in [1.807, 2.05) is 44.2 Å². The molecule has 2 saturated heterocycles. The molecule has 0 bridgehead atoms. The van der Waals surface area contributed by atoms with Gasteiger partial charge in [0.15, 0.2) is 6.29 Å². The van der Waals surface area contributed by atoms with Crippen molar-refractivity contribution in [1.29, 1.82) is 0 Å². The number of sulfonamides is 1. The number of nitrogens with two attached hydrogens (primary N) is 1. The molecule has 0 aromatic heterocycles. The van der Waals surface area contributed by atoms with Crippen molar-refractivity contribution >= 4 is 27.9 Å². The number of aliphatic hydroxyl groups excluding tert-OH is 1. The first-order valence-corrected chi connectivity index (χ1v) is 17.9. The van der Waals surface area contributed by atoms with Gasteiger partial charge in [-0.25, -0.2) is 18.0 Å². The van der Waals surface area contributed by atoms with Crippen molar-refractivity contribution in [1.82, 2.24) is 14.5 Å². The summed E-state index contributed by atoms with van der Waals surface area (Å²) in [6.07, 6.45) is -2.07. The van der Waals surface area contributed by atoms with Crippen LogP contribution in [0.1, 0.15) is 52.5 Å². The summed E-state index contributed by atoms with van der Waals surface area (Å²) in [5.41, 5.74) is 6.44. The zero-order valence-corrected chi connectivity index (χ0v) is 29.0. The normalized spacial score (nSPS) is 20.8. The number of anilines is 1. The molecule has 14 heteroatoms. The number of nitrogen functional groups attached to an aromatic ring is 1. The van der Waals surface area contributed by atoms with E-state index >= 15 is 0 Å². The Morgan fingerprint density at radius 3 is 2.44 bits per heavy atom. The maximum atomic E-state index is 14.2. The van der Waals surface area contributed by atoms with Gasteiger partial charge in [0.2, 0.25) is 10.0 Å². The number of nitrogens with one attached hydrogen (secondary N) is 1. The van der Waals surface area contributed by atoms with Crippen molar-refractivity contribution in [2.75, 3.05) is 38.6 Å². The molecule has 4 rings (SSSR count). The number of carbonyl (C=O) groups excluding carboxylic acids is 1. The van der Waals surface area contributed by atoms with Crippen molar-refractivity contribution < 1.29 is 42.4 Å². The van der Waals surface area contributed by atoms with E-state index in [4.69, 9.17) is 19.9 Å². The van der Waals surface area contributed by atoms with Crippen LogP contribution in [-0.2, 0) is 30.7 Å². The summed E-state index contributed by atoms with van der Waals surface area (Å²) >= 11 is 0. The molecule has 13 nitrogen and oxygen atoms in total. The molecule has 2 aromatic rings. The molecule has 2 fully saturated rings. The number of hydrogen-bond acceptors (Lipinski definition) is 9. The summed E-state index contributed by atoms with van der Waals surface area (Å²) in [5.74, 6) is -0.202. The highest BCUT2D eigenvalue weighted by Crippen LogP contribution is 2.36. The lowest BCUT2D eigenvalue weighted by atomic mass is 9.87. The number of nitrogens with zero attached hydrogens (tertiary/aromatic N) is 2.